The smallest absolute Gasteiger partial charge is 0.315 e. The Labute approximate surface area is 147 Å². The van der Waals surface area contributed by atoms with E-state index < -0.39 is 0 Å². The highest BCUT2D eigenvalue weighted by Gasteiger charge is 2.37. The van der Waals surface area contributed by atoms with Crippen LogP contribution in [0.25, 0.3) is 0 Å². The van der Waals surface area contributed by atoms with Crippen LogP contribution in [-0.2, 0) is 0 Å². The molecular formula is C16H26N8O. The summed E-state index contributed by atoms with van der Waals surface area (Å²) in [6.45, 7) is 1.76. The molecule has 3 unspecified atom stereocenters. The summed E-state index contributed by atoms with van der Waals surface area (Å²) in [6, 6.07) is 0.936. The Bertz CT molecular complexity index is 577. The first-order valence-electron chi connectivity index (χ1n) is 9.13. The first-order valence-corrected chi connectivity index (χ1v) is 9.13. The summed E-state index contributed by atoms with van der Waals surface area (Å²) in [5.74, 6) is 0.908. The number of rotatable bonds is 3. The first kappa shape index (κ1) is 16.5. The molecule has 1 aromatic heterocycles. The van der Waals surface area contributed by atoms with Gasteiger partial charge < -0.3 is 15.5 Å². The van der Waals surface area contributed by atoms with Crippen molar-refractivity contribution in [3.63, 3.8) is 0 Å². The molecule has 5 N–H and O–H groups in total. The van der Waals surface area contributed by atoms with Crippen molar-refractivity contribution in [3.8, 4) is 0 Å². The Hall–Kier alpha value is -1.97. The minimum Gasteiger partial charge on any atom is -0.355 e. The van der Waals surface area contributed by atoms with Crippen LogP contribution in [0.5, 0.6) is 0 Å². The van der Waals surface area contributed by atoms with Crippen LogP contribution in [-0.4, -0.2) is 53.3 Å². The van der Waals surface area contributed by atoms with Crippen molar-refractivity contribution in [1.29, 1.82) is 0 Å². The van der Waals surface area contributed by atoms with Gasteiger partial charge in [0, 0.05) is 43.6 Å². The Morgan fingerprint density at radius 3 is 2.80 bits per heavy atom. The second-order valence-electron chi connectivity index (χ2n) is 7.03. The van der Waals surface area contributed by atoms with Crippen LogP contribution in [0.4, 0.5) is 10.6 Å². The van der Waals surface area contributed by atoms with Gasteiger partial charge in [-0.3, -0.25) is 4.98 Å². The summed E-state index contributed by atoms with van der Waals surface area (Å²) < 4.78 is 0. The third kappa shape index (κ3) is 3.83. The molecule has 0 aromatic carbocycles. The number of piperidine rings is 1. The van der Waals surface area contributed by atoms with Crippen LogP contribution >= 0.6 is 0 Å². The molecule has 1 aromatic rings. The van der Waals surface area contributed by atoms with Gasteiger partial charge in [-0.25, -0.2) is 20.6 Å². The fraction of sp³-hybridized carbons (Fsp3) is 0.688. The van der Waals surface area contributed by atoms with Gasteiger partial charge in [0.1, 0.15) is 5.82 Å². The molecule has 0 bridgehead atoms. The molecular weight excluding hydrogens is 320 g/mol. The Kier molecular flexibility index (Phi) is 4.95. The van der Waals surface area contributed by atoms with E-state index in [0.717, 1.165) is 51.0 Å². The zero-order valence-corrected chi connectivity index (χ0v) is 14.2. The molecule has 3 aliphatic rings. The number of hydrogen-bond donors (Lipinski definition) is 5. The summed E-state index contributed by atoms with van der Waals surface area (Å²) in [4.78, 5) is 23.1. The number of hydrazine groups is 2. The quantitative estimate of drug-likeness (QED) is 0.509. The van der Waals surface area contributed by atoms with Crippen LogP contribution in [0.15, 0.2) is 18.6 Å². The molecule has 0 radical (unpaired) electrons. The number of nitrogens with one attached hydrogen (secondary N) is 5. The van der Waals surface area contributed by atoms with Crippen LogP contribution in [0.2, 0.25) is 0 Å². The molecule has 136 valence electrons. The lowest BCUT2D eigenvalue weighted by molar-refractivity contribution is 0.218. The van der Waals surface area contributed by atoms with E-state index in [-0.39, 0.29) is 24.2 Å². The van der Waals surface area contributed by atoms with Crippen molar-refractivity contribution in [2.75, 3.05) is 18.0 Å². The number of fused-ring (bicyclic) bond motifs is 1. The molecule has 25 heavy (non-hydrogen) atoms. The average molecular weight is 346 g/mol. The fourth-order valence-corrected chi connectivity index (χ4v) is 4.04. The minimum absolute atomic E-state index is 0.0581. The SMILES string of the molecule is O=C(NC1CCN(c2cnccn2)CC1)NC1CCCC2NNNC21. The monoisotopic (exact) mass is 346 g/mol. The number of hydrogen-bond acceptors (Lipinski definition) is 7. The minimum atomic E-state index is -0.0581. The largest absolute Gasteiger partial charge is 0.355 e. The second-order valence-corrected chi connectivity index (χ2v) is 7.03. The molecule has 3 fully saturated rings. The maximum Gasteiger partial charge on any atom is 0.315 e. The zero-order valence-electron chi connectivity index (χ0n) is 14.2. The standard InChI is InChI=1S/C16H26N8O/c25-16(20-12-2-1-3-13-15(12)22-23-21-13)19-11-4-8-24(9-5-11)14-10-17-6-7-18-14/h6-7,10-13,15,21-23H,1-5,8-9H2,(H2,19,20,25). The Balaban J connectivity index is 1.24. The molecule has 2 amide bonds. The number of nitrogens with zero attached hydrogens (tertiary/aromatic N) is 3. The van der Waals surface area contributed by atoms with Crippen LogP contribution < -0.4 is 31.9 Å². The van der Waals surface area contributed by atoms with Crippen molar-refractivity contribution in [1.82, 2.24) is 37.0 Å². The first-order chi connectivity index (χ1) is 12.3. The fourth-order valence-electron chi connectivity index (χ4n) is 4.04. The normalized spacial score (nSPS) is 29.9. The van der Waals surface area contributed by atoms with Crippen molar-refractivity contribution in [2.24, 2.45) is 0 Å². The van der Waals surface area contributed by atoms with Gasteiger partial charge in [0.2, 0.25) is 0 Å². The van der Waals surface area contributed by atoms with E-state index >= 15 is 0 Å². The number of carbonyl (C=O) groups excluding carboxylic acids is 1. The second kappa shape index (κ2) is 7.51. The lowest BCUT2D eigenvalue weighted by Crippen LogP contribution is -2.58. The van der Waals surface area contributed by atoms with Crippen molar-refractivity contribution < 1.29 is 4.79 Å². The summed E-state index contributed by atoms with van der Waals surface area (Å²) in [6.07, 6.45) is 10.3. The van der Waals surface area contributed by atoms with Crippen molar-refractivity contribution in [2.45, 2.75) is 56.3 Å². The molecule has 1 aliphatic carbocycles. The van der Waals surface area contributed by atoms with E-state index in [2.05, 4.69) is 41.9 Å². The lowest BCUT2D eigenvalue weighted by atomic mass is 9.87. The van der Waals surface area contributed by atoms with E-state index in [9.17, 15) is 4.79 Å². The number of aromatic nitrogens is 2. The molecule has 0 spiro atoms. The van der Waals surface area contributed by atoms with Gasteiger partial charge in [0.25, 0.3) is 0 Å². The highest BCUT2D eigenvalue weighted by Crippen LogP contribution is 2.21. The summed E-state index contributed by atoms with van der Waals surface area (Å²) in [5, 5.41) is 6.29. The Morgan fingerprint density at radius 1 is 1.12 bits per heavy atom. The Morgan fingerprint density at radius 2 is 2.00 bits per heavy atom. The molecule has 3 heterocycles. The van der Waals surface area contributed by atoms with E-state index in [1.807, 2.05) is 0 Å². The highest BCUT2D eigenvalue weighted by molar-refractivity contribution is 5.74. The number of anilines is 1. The van der Waals surface area contributed by atoms with Gasteiger partial charge in [-0.05, 0) is 32.1 Å². The van der Waals surface area contributed by atoms with Crippen LogP contribution in [0.1, 0.15) is 32.1 Å². The third-order valence-corrected chi connectivity index (χ3v) is 5.41. The van der Waals surface area contributed by atoms with Gasteiger partial charge in [0.05, 0.1) is 12.2 Å². The maximum absolute atomic E-state index is 12.4. The predicted molar refractivity (Wildman–Crippen MR) is 93.6 cm³/mol. The molecule has 2 aliphatic heterocycles. The number of carbonyl (C=O) groups is 1. The van der Waals surface area contributed by atoms with Crippen LogP contribution in [0, 0.1) is 0 Å². The van der Waals surface area contributed by atoms with E-state index in [1.165, 1.54) is 0 Å². The van der Waals surface area contributed by atoms with Gasteiger partial charge in [-0.1, -0.05) is 0 Å². The lowest BCUT2D eigenvalue weighted by Gasteiger charge is -2.35. The van der Waals surface area contributed by atoms with Crippen LogP contribution in [0.3, 0.4) is 0 Å². The van der Waals surface area contributed by atoms with Gasteiger partial charge >= 0.3 is 6.03 Å². The zero-order chi connectivity index (χ0) is 17.1. The van der Waals surface area contributed by atoms with Gasteiger partial charge in [-0.2, -0.15) is 5.53 Å². The van der Waals surface area contributed by atoms with E-state index in [0.29, 0.717) is 6.04 Å². The molecule has 4 rings (SSSR count). The van der Waals surface area contributed by atoms with E-state index in [1.54, 1.807) is 18.6 Å². The number of amides is 2. The summed E-state index contributed by atoms with van der Waals surface area (Å²) >= 11 is 0. The van der Waals surface area contributed by atoms with Gasteiger partial charge in [-0.15, -0.1) is 0 Å². The molecule has 2 saturated heterocycles. The topological polar surface area (TPSA) is 106 Å². The predicted octanol–water partition coefficient (Wildman–Crippen LogP) is -0.353. The van der Waals surface area contributed by atoms with E-state index in [4.69, 9.17) is 0 Å². The maximum atomic E-state index is 12.4. The summed E-state index contributed by atoms with van der Waals surface area (Å²) in [7, 11) is 0. The molecule has 1 saturated carbocycles. The molecule has 9 heteroatoms. The highest BCUT2D eigenvalue weighted by atomic mass is 16.2. The summed E-state index contributed by atoms with van der Waals surface area (Å²) in [5.41, 5.74) is 9.41. The van der Waals surface area contributed by atoms with Crippen molar-refractivity contribution >= 4 is 11.8 Å². The van der Waals surface area contributed by atoms with Crippen molar-refractivity contribution in [3.05, 3.63) is 18.6 Å². The molecule has 3 atom stereocenters. The third-order valence-electron chi connectivity index (χ3n) is 5.41. The number of urea groups is 1. The molecule has 9 nitrogen and oxygen atoms in total. The average Bonchev–Trinajstić information content (AvgIpc) is 3.13. The van der Waals surface area contributed by atoms with Gasteiger partial charge in [0.15, 0.2) is 0 Å².